The van der Waals surface area contributed by atoms with Crippen LogP contribution in [0, 0.1) is 11.7 Å². The third-order valence-corrected chi connectivity index (χ3v) is 3.65. The van der Waals surface area contributed by atoms with E-state index in [1.165, 1.54) is 4.88 Å². The van der Waals surface area contributed by atoms with E-state index in [2.05, 4.69) is 22.2 Å². The number of thiophene rings is 1. The smallest absolute Gasteiger partial charge is 0.219 e. The van der Waals surface area contributed by atoms with E-state index in [1.807, 2.05) is 18.2 Å². The number of hydrogen-bond acceptors (Lipinski definition) is 5. The molecule has 0 spiro atoms. The van der Waals surface area contributed by atoms with E-state index in [0.717, 1.165) is 4.88 Å². The molecule has 0 fully saturated rings. The predicted octanol–water partition coefficient (Wildman–Crippen LogP) is 3.45. The van der Waals surface area contributed by atoms with Crippen LogP contribution in [0.1, 0.15) is 9.75 Å². The van der Waals surface area contributed by atoms with Crippen LogP contribution >= 0.6 is 23.6 Å². The van der Waals surface area contributed by atoms with Crippen molar-refractivity contribution in [3.05, 3.63) is 45.1 Å². The molecule has 3 aromatic heterocycles. The van der Waals surface area contributed by atoms with Crippen LogP contribution in [0.5, 0.6) is 0 Å². The molecule has 3 heterocycles. The lowest BCUT2D eigenvalue weighted by Gasteiger charge is -1.95. The van der Waals surface area contributed by atoms with Gasteiger partial charge in [-0.05, 0) is 43.4 Å². The average molecular weight is 290 g/mol. The fraction of sp³-hybridized carbons (Fsp3) is 0.0833. The van der Waals surface area contributed by atoms with Gasteiger partial charge in [-0.1, -0.05) is 0 Å². The molecule has 19 heavy (non-hydrogen) atoms. The van der Waals surface area contributed by atoms with Crippen LogP contribution < -0.4 is 0 Å². The zero-order valence-corrected chi connectivity index (χ0v) is 11.7. The Morgan fingerprint density at radius 3 is 3.05 bits per heavy atom. The van der Waals surface area contributed by atoms with Crippen molar-refractivity contribution in [2.24, 2.45) is 5.10 Å². The molecular formula is C12H10N4OS2. The number of hydrogen-bond donors (Lipinski definition) is 1. The van der Waals surface area contributed by atoms with E-state index in [1.54, 1.807) is 34.6 Å². The number of nitrogens with zero attached hydrogens (tertiary/aromatic N) is 3. The van der Waals surface area contributed by atoms with Crippen molar-refractivity contribution in [2.75, 3.05) is 0 Å². The Morgan fingerprint density at radius 1 is 1.47 bits per heavy atom. The molecule has 3 rings (SSSR count). The monoisotopic (exact) mass is 290 g/mol. The van der Waals surface area contributed by atoms with Gasteiger partial charge in [-0.25, -0.2) is 5.10 Å². The molecule has 0 aromatic carbocycles. The molecule has 3 aromatic rings. The van der Waals surface area contributed by atoms with E-state index < -0.39 is 0 Å². The van der Waals surface area contributed by atoms with Crippen molar-refractivity contribution in [2.45, 2.75) is 6.92 Å². The van der Waals surface area contributed by atoms with Gasteiger partial charge in [0.25, 0.3) is 0 Å². The lowest BCUT2D eigenvalue weighted by molar-refractivity contribution is 0.573. The maximum absolute atomic E-state index is 5.31. The molecule has 7 heteroatoms. The number of furan rings is 1. The van der Waals surface area contributed by atoms with E-state index in [4.69, 9.17) is 16.6 Å². The first-order chi connectivity index (χ1) is 9.24. The van der Waals surface area contributed by atoms with Gasteiger partial charge < -0.3 is 4.42 Å². The summed E-state index contributed by atoms with van der Waals surface area (Å²) >= 11 is 6.83. The van der Waals surface area contributed by atoms with Crippen LogP contribution in [0.3, 0.4) is 0 Å². The van der Waals surface area contributed by atoms with Gasteiger partial charge in [0.05, 0.1) is 12.5 Å². The normalized spacial score (nSPS) is 11.4. The number of aromatic nitrogens is 3. The maximum atomic E-state index is 5.31. The zero-order valence-electron chi connectivity index (χ0n) is 10.0. The summed E-state index contributed by atoms with van der Waals surface area (Å²) in [6, 6.07) is 7.67. The summed E-state index contributed by atoms with van der Waals surface area (Å²) in [6.07, 6.45) is 3.35. The second-order valence-corrected chi connectivity index (χ2v) is 5.54. The molecule has 0 aliphatic heterocycles. The quantitative estimate of drug-likeness (QED) is 0.593. The van der Waals surface area contributed by atoms with Gasteiger partial charge in [0, 0.05) is 9.75 Å². The Morgan fingerprint density at radius 2 is 2.37 bits per heavy atom. The molecule has 0 aliphatic carbocycles. The molecule has 0 amide bonds. The van der Waals surface area contributed by atoms with Gasteiger partial charge in [0.15, 0.2) is 5.76 Å². The second-order valence-electron chi connectivity index (χ2n) is 3.83. The Kier molecular flexibility index (Phi) is 3.14. The summed E-state index contributed by atoms with van der Waals surface area (Å²) in [5, 5.41) is 11.2. The molecule has 96 valence electrons. The number of H-pyrrole nitrogens is 1. The fourth-order valence-electron chi connectivity index (χ4n) is 1.60. The largest absolute Gasteiger partial charge is 0.461 e. The topological polar surface area (TPSA) is 59.1 Å². The van der Waals surface area contributed by atoms with Crippen molar-refractivity contribution >= 4 is 29.8 Å². The third kappa shape index (κ3) is 2.42. The van der Waals surface area contributed by atoms with Crippen LogP contribution in [0.25, 0.3) is 11.6 Å². The number of aryl methyl sites for hydroxylation is 1. The van der Waals surface area contributed by atoms with Crippen LogP contribution in [-0.2, 0) is 0 Å². The Bertz CT molecular complexity index is 764. The summed E-state index contributed by atoms with van der Waals surface area (Å²) in [6.45, 7) is 2.06. The van der Waals surface area contributed by atoms with Crippen molar-refractivity contribution in [3.63, 3.8) is 0 Å². The molecule has 1 N–H and O–H groups in total. The molecular weight excluding hydrogens is 280 g/mol. The van der Waals surface area contributed by atoms with Gasteiger partial charge in [-0.2, -0.15) is 9.78 Å². The third-order valence-electron chi connectivity index (χ3n) is 2.45. The Balaban J connectivity index is 1.99. The van der Waals surface area contributed by atoms with E-state index >= 15 is 0 Å². The van der Waals surface area contributed by atoms with Crippen LogP contribution in [0.15, 0.2) is 40.0 Å². The molecule has 0 saturated carbocycles. The van der Waals surface area contributed by atoms with Crippen molar-refractivity contribution < 1.29 is 4.42 Å². The highest BCUT2D eigenvalue weighted by Crippen LogP contribution is 2.18. The summed E-state index contributed by atoms with van der Waals surface area (Å²) in [5.41, 5.74) is 0. The van der Waals surface area contributed by atoms with Crippen molar-refractivity contribution in [1.29, 1.82) is 0 Å². The molecule has 0 unspecified atom stereocenters. The lowest BCUT2D eigenvalue weighted by atomic mass is 10.4. The molecule has 0 aliphatic rings. The molecule has 0 bridgehead atoms. The number of aromatic amines is 1. The van der Waals surface area contributed by atoms with Gasteiger partial charge in [0.1, 0.15) is 0 Å². The summed E-state index contributed by atoms with van der Waals surface area (Å²) < 4.78 is 7.28. The fourth-order valence-corrected chi connectivity index (χ4v) is 2.52. The van der Waals surface area contributed by atoms with Crippen LogP contribution in [0.4, 0.5) is 0 Å². The molecule has 0 saturated heterocycles. The van der Waals surface area contributed by atoms with Gasteiger partial charge >= 0.3 is 0 Å². The van der Waals surface area contributed by atoms with E-state index in [-0.39, 0.29) is 0 Å². The minimum absolute atomic E-state index is 0.427. The first-order valence-corrected chi connectivity index (χ1v) is 6.78. The summed E-state index contributed by atoms with van der Waals surface area (Å²) in [5.74, 6) is 1.17. The van der Waals surface area contributed by atoms with Crippen LogP contribution in [0.2, 0.25) is 0 Å². The van der Waals surface area contributed by atoms with Crippen LogP contribution in [-0.4, -0.2) is 21.1 Å². The molecule has 5 nitrogen and oxygen atoms in total. The highest BCUT2D eigenvalue weighted by molar-refractivity contribution is 7.71. The minimum atomic E-state index is 0.427. The first-order valence-electron chi connectivity index (χ1n) is 5.56. The standard InChI is InChI=1S/C12H10N4OS2/c1-8-4-5-9(19-8)7-13-16-11(14-15-12(16)18)10-3-2-6-17-10/h2-7H,1H3,(H,15,18)/b13-7+. The Hall–Kier alpha value is -1.99. The lowest BCUT2D eigenvalue weighted by Crippen LogP contribution is -1.93. The average Bonchev–Trinajstić information content (AvgIpc) is 3.08. The summed E-state index contributed by atoms with van der Waals surface area (Å²) in [4.78, 5) is 2.30. The number of rotatable bonds is 3. The van der Waals surface area contributed by atoms with E-state index in [0.29, 0.717) is 16.4 Å². The zero-order chi connectivity index (χ0) is 13.2. The number of nitrogens with one attached hydrogen (secondary N) is 1. The van der Waals surface area contributed by atoms with Gasteiger partial charge in [-0.15, -0.1) is 16.4 Å². The predicted molar refractivity (Wildman–Crippen MR) is 77.2 cm³/mol. The van der Waals surface area contributed by atoms with E-state index in [9.17, 15) is 0 Å². The SMILES string of the molecule is Cc1ccc(/C=N/n2c(-c3ccco3)n[nH]c2=S)s1. The van der Waals surface area contributed by atoms with Crippen molar-refractivity contribution in [3.8, 4) is 11.6 Å². The molecule has 0 radical (unpaired) electrons. The highest BCUT2D eigenvalue weighted by Gasteiger charge is 2.10. The summed E-state index contributed by atoms with van der Waals surface area (Å²) in [7, 11) is 0. The van der Waals surface area contributed by atoms with Gasteiger partial charge in [0.2, 0.25) is 10.6 Å². The van der Waals surface area contributed by atoms with Gasteiger partial charge in [-0.3, -0.25) is 0 Å². The van der Waals surface area contributed by atoms with Crippen molar-refractivity contribution in [1.82, 2.24) is 14.9 Å². The molecule has 0 atom stereocenters. The first kappa shape index (κ1) is 12.1. The highest BCUT2D eigenvalue weighted by atomic mass is 32.1. The second kappa shape index (κ2) is 4.94. The maximum Gasteiger partial charge on any atom is 0.219 e. The Labute approximate surface area is 118 Å². The minimum Gasteiger partial charge on any atom is -0.461 e.